The van der Waals surface area contributed by atoms with Crippen molar-refractivity contribution < 1.29 is 0 Å². The predicted octanol–water partition coefficient (Wildman–Crippen LogP) is 3.09. The molecule has 0 aliphatic heterocycles. The van der Waals surface area contributed by atoms with E-state index in [2.05, 4.69) is 48.1 Å². The number of rotatable bonds is 5. The molecule has 18 heavy (non-hydrogen) atoms. The van der Waals surface area contributed by atoms with E-state index in [0.29, 0.717) is 0 Å². The second-order valence-electron chi connectivity index (χ2n) is 3.93. The van der Waals surface area contributed by atoms with Gasteiger partial charge in [0.2, 0.25) is 0 Å². The van der Waals surface area contributed by atoms with Gasteiger partial charge < -0.3 is 10.3 Å². The molecule has 0 saturated heterocycles. The summed E-state index contributed by atoms with van der Waals surface area (Å²) in [5.41, 5.74) is 0. The van der Waals surface area contributed by atoms with Crippen LogP contribution >= 0.6 is 15.9 Å². The molecule has 2 aromatic heterocycles. The predicted molar refractivity (Wildman–Crippen MR) is 74.4 cm³/mol. The molecule has 0 spiro atoms. The van der Waals surface area contributed by atoms with Crippen LogP contribution in [0.25, 0.3) is 0 Å². The lowest BCUT2D eigenvalue weighted by Gasteiger charge is -2.15. The van der Waals surface area contributed by atoms with Crippen molar-refractivity contribution in [3.63, 3.8) is 0 Å². The number of aromatic amines is 1. The van der Waals surface area contributed by atoms with E-state index in [1.165, 1.54) is 0 Å². The Hall–Kier alpha value is -1.43. The van der Waals surface area contributed by atoms with Crippen molar-refractivity contribution in [3.8, 4) is 0 Å². The molecule has 1 unspecified atom stereocenters. The number of hydrogen-bond acceptors (Lipinski definition) is 4. The first-order valence-electron chi connectivity index (χ1n) is 6.02. The summed E-state index contributed by atoms with van der Waals surface area (Å²) in [7, 11) is 0. The van der Waals surface area contributed by atoms with Crippen molar-refractivity contribution in [1.82, 2.24) is 19.9 Å². The highest BCUT2D eigenvalue weighted by atomic mass is 79.9. The van der Waals surface area contributed by atoms with Crippen LogP contribution in [-0.2, 0) is 6.42 Å². The Balaban J connectivity index is 2.19. The quantitative estimate of drug-likeness (QED) is 0.833. The van der Waals surface area contributed by atoms with E-state index in [4.69, 9.17) is 0 Å². The van der Waals surface area contributed by atoms with Crippen LogP contribution < -0.4 is 5.32 Å². The topological polar surface area (TPSA) is 66.5 Å². The Morgan fingerprint density at radius 2 is 2.22 bits per heavy atom. The minimum absolute atomic E-state index is 0.131. The van der Waals surface area contributed by atoms with Gasteiger partial charge in [-0.05, 0) is 22.4 Å². The van der Waals surface area contributed by atoms with Gasteiger partial charge in [-0.1, -0.05) is 13.8 Å². The highest BCUT2D eigenvalue weighted by molar-refractivity contribution is 9.10. The summed E-state index contributed by atoms with van der Waals surface area (Å²) in [5, 5.41) is 3.37. The van der Waals surface area contributed by atoms with E-state index in [1.807, 2.05) is 19.2 Å². The maximum absolute atomic E-state index is 4.46. The van der Waals surface area contributed by atoms with Gasteiger partial charge in [0.25, 0.3) is 0 Å². The zero-order chi connectivity index (χ0) is 13.0. The van der Waals surface area contributed by atoms with Crippen molar-refractivity contribution in [3.05, 3.63) is 34.7 Å². The normalized spacial score (nSPS) is 12.4. The number of halogens is 1. The van der Waals surface area contributed by atoms with E-state index in [0.717, 1.165) is 34.9 Å². The standard InChI is InChI=1S/C12H16BrN5/c1-3-8(12-14-5-6-15-12)16-11-7-9(13)17-10(4-2)18-11/h5-8H,3-4H2,1-2H3,(H,14,15)(H,16,17,18). The monoisotopic (exact) mass is 309 g/mol. The van der Waals surface area contributed by atoms with Gasteiger partial charge >= 0.3 is 0 Å². The van der Waals surface area contributed by atoms with Gasteiger partial charge in [0, 0.05) is 24.9 Å². The van der Waals surface area contributed by atoms with Gasteiger partial charge in [-0.25, -0.2) is 15.0 Å². The van der Waals surface area contributed by atoms with Crippen LogP contribution in [0.3, 0.4) is 0 Å². The summed E-state index contributed by atoms with van der Waals surface area (Å²) >= 11 is 3.40. The second kappa shape index (κ2) is 5.95. The number of imidazole rings is 1. The second-order valence-corrected chi connectivity index (χ2v) is 4.74. The fourth-order valence-electron chi connectivity index (χ4n) is 1.71. The SMILES string of the molecule is CCc1nc(Br)cc(NC(CC)c2ncc[nH]2)n1. The van der Waals surface area contributed by atoms with Crippen LogP contribution in [0.2, 0.25) is 0 Å². The number of H-pyrrole nitrogens is 1. The Kier molecular flexibility index (Phi) is 4.30. The third-order valence-corrected chi connectivity index (χ3v) is 3.04. The molecular weight excluding hydrogens is 294 g/mol. The molecule has 1 atom stereocenters. The van der Waals surface area contributed by atoms with Gasteiger partial charge in [0.05, 0.1) is 6.04 Å². The van der Waals surface area contributed by atoms with E-state index >= 15 is 0 Å². The average Bonchev–Trinajstić information content (AvgIpc) is 2.89. The Bertz CT molecular complexity index is 497. The summed E-state index contributed by atoms with van der Waals surface area (Å²) in [6.45, 7) is 4.15. The van der Waals surface area contributed by atoms with Crippen molar-refractivity contribution >= 4 is 21.7 Å². The van der Waals surface area contributed by atoms with E-state index in [-0.39, 0.29) is 6.04 Å². The molecule has 2 N–H and O–H groups in total. The van der Waals surface area contributed by atoms with E-state index < -0.39 is 0 Å². The Morgan fingerprint density at radius 3 is 2.83 bits per heavy atom. The van der Waals surface area contributed by atoms with E-state index in [9.17, 15) is 0 Å². The molecule has 2 rings (SSSR count). The van der Waals surface area contributed by atoms with Gasteiger partial charge in [0.15, 0.2) is 0 Å². The molecule has 5 nitrogen and oxygen atoms in total. The highest BCUT2D eigenvalue weighted by Gasteiger charge is 2.12. The molecule has 0 aromatic carbocycles. The Labute approximate surface area is 115 Å². The first kappa shape index (κ1) is 13.0. The number of nitrogens with one attached hydrogen (secondary N) is 2. The third kappa shape index (κ3) is 3.07. The fourth-order valence-corrected chi connectivity index (χ4v) is 2.13. The lowest BCUT2D eigenvalue weighted by atomic mass is 10.2. The van der Waals surface area contributed by atoms with Gasteiger partial charge in [-0.2, -0.15) is 0 Å². The molecule has 0 fully saturated rings. The molecule has 0 bridgehead atoms. The minimum Gasteiger partial charge on any atom is -0.360 e. The summed E-state index contributed by atoms with van der Waals surface area (Å²) < 4.78 is 0.797. The van der Waals surface area contributed by atoms with Crippen LogP contribution in [0.4, 0.5) is 5.82 Å². The lowest BCUT2D eigenvalue weighted by Crippen LogP contribution is -2.13. The molecule has 6 heteroatoms. The molecule has 0 radical (unpaired) electrons. The molecule has 96 valence electrons. The van der Waals surface area contributed by atoms with Crippen molar-refractivity contribution in [1.29, 1.82) is 0 Å². The largest absolute Gasteiger partial charge is 0.360 e. The Morgan fingerprint density at radius 1 is 1.39 bits per heavy atom. The van der Waals surface area contributed by atoms with Crippen LogP contribution in [0, 0.1) is 0 Å². The molecule has 2 aromatic rings. The highest BCUT2D eigenvalue weighted by Crippen LogP contribution is 2.20. The van der Waals surface area contributed by atoms with Gasteiger partial charge in [-0.3, -0.25) is 0 Å². The van der Waals surface area contributed by atoms with Crippen LogP contribution in [-0.4, -0.2) is 19.9 Å². The zero-order valence-electron chi connectivity index (χ0n) is 10.4. The zero-order valence-corrected chi connectivity index (χ0v) is 12.0. The molecular formula is C12H16BrN5. The molecule has 0 saturated carbocycles. The maximum atomic E-state index is 4.46. The van der Waals surface area contributed by atoms with Crippen molar-refractivity contribution in [2.45, 2.75) is 32.7 Å². The van der Waals surface area contributed by atoms with Crippen molar-refractivity contribution in [2.75, 3.05) is 5.32 Å². The minimum atomic E-state index is 0.131. The lowest BCUT2D eigenvalue weighted by molar-refractivity contribution is 0.698. The van der Waals surface area contributed by atoms with Crippen LogP contribution in [0.1, 0.15) is 38.0 Å². The number of aromatic nitrogens is 4. The van der Waals surface area contributed by atoms with Crippen LogP contribution in [0.15, 0.2) is 23.1 Å². The molecule has 0 aliphatic carbocycles. The van der Waals surface area contributed by atoms with Crippen LogP contribution in [0.5, 0.6) is 0 Å². The van der Waals surface area contributed by atoms with Gasteiger partial charge in [-0.15, -0.1) is 0 Å². The molecule has 0 amide bonds. The summed E-state index contributed by atoms with van der Waals surface area (Å²) in [6, 6.07) is 2.01. The van der Waals surface area contributed by atoms with Gasteiger partial charge in [0.1, 0.15) is 22.1 Å². The first-order chi connectivity index (χ1) is 8.72. The smallest absolute Gasteiger partial charge is 0.131 e. The number of hydrogen-bond donors (Lipinski definition) is 2. The summed E-state index contributed by atoms with van der Waals surface area (Å²) in [4.78, 5) is 16.1. The number of nitrogens with zero attached hydrogens (tertiary/aromatic N) is 3. The maximum Gasteiger partial charge on any atom is 0.131 e. The fraction of sp³-hybridized carbons (Fsp3) is 0.417. The number of aryl methyl sites for hydroxylation is 1. The van der Waals surface area contributed by atoms with E-state index in [1.54, 1.807) is 6.20 Å². The molecule has 2 heterocycles. The van der Waals surface area contributed by atoms with Crippen molar-refractivity contribution in [2.24, 2.45) is 0 Å². The summed E-state index contributed by atoms with van der Waals surface area (Å²) in [5.74, 6) is 2.56. The average molecular weight is 310 g/mol. The molecule has 0 aliphatic rings. The number of anilines is 1. The summed E-state index contributed by atoms with van der Waals surface area (Å²) in [6.07, 6.45) is 5.32. The first-order valence-corrected chi connectivity index (χ1v) is 6.81. The third-order valence-electron chi connectivity index (χ3n) is 2.64.